The molecule has 0 saturated carbocycles. The van der Waals surface area contributed by atoms with E-state index >= 15 is 0 Å². The van der Waals surface area contributed by atoms with Gasteiger partial charge in [0.05, 0.1) is 23.9 Å². The van der Waals surface area contributed by atoms with Crippen molar-refractivity contribution in [2.24, 2.45) is 0 Å². The molecule has 1 fully saturated rings. The number of hydrogen-bond acceptors (Lipinski definition) is 7. The second-order valence-corrected chi connectivity index (χ2v) is 5.11. The minimum absolute atomic E-state index is 0.255. The van der Waals surface area contributed by atoms with Crippen molar-refractivity contribution in [3.8, 4) is 6.07 Å². The average Bonchev–Trinajstić information content (AvgIpc) is 2.99. The van der Waals surface area contributed by atoms with Crippen LogP contribution >= 0.6 is 12.2 Å². The number of fused-ring (bicyclic) bond motifs is 1. The third-order valence-corrected chi connectivity index (χ3v) is 3.85. The van der Waals surface area contributed by atoms with E-state index < -0.39 is 31.1 Å². The first kappa shape index (κ1) is 14.1. The molecule has 1 aliphatic rings. The first-order valence-corrected chi connectivity index (χ1v) is 6.60. The molecular formula is C12H12N4O4S. The summed E-state index contributed by atoms with van der Waals surface area (Å²) in [6.45, 7) is -0.420. The fourth-order valence-electron chi connectivity index (χ4n) is 2.50. The summed E-state index contributed by atoms with van der Waals surface area (Å²) in [5.41, 5.74) is 0.749. The Balaban J connectivity index is 2.17. The molecule has 0 bridgehead atoms. The van der Waals surface area contributed by atoms with Crippen molar-refractivity contribution in [1.82, 2.24) is 14.5 Å². The van der Waals surface area contributed by atoms with E-state index in [-0.39, 0.29) is 10.2 Å². The number of H-pyrrole nitrogens is 1. The summed E-state index contributed by atoms with van der Waals surface area (Å²) in [5.74, 6) is 0. The van der Waals surface area contributed by atoms with E-state index in [4.69, 9.17) is 22.1 Å². The van der Waals surface area contributed by atoms with E-state index in [1.54, 1.807) is 0 Å². The molecule has 0 aromatic carbocycles. The van der Waals surface area contributed by atoms with Crippen LogP contribution in [0.2, 0.25) is 0 Å². The number of aliphatic hydroxyl groups excluding tert-OH is 3. The molecule has 1 aliphatic heterocycles. The summed E-state index contributed by atoms with van der Waals surface area (Å²) in [5, 5.41) is 38.7. The van der Waals surface area contributed by atoms with Crippen LogP contribution in [0, 0.1) is 16.0 Å². The van der Waals surface area contributed by atoms with Gasteiger partial charge in [-0.3, -0.25) is 0 Å². The Bertz CT molecular complexity index is 780. The molecule has 4 N–H and O–H groups in total. The number of ether oxygens (including phenoxy) is 1. The Kier molecular flexibility index (Phi) is 3.48. The molecule has 8 nitrogen and oxygen atoms in total. The van der Waals surface area contributed by atoms with Crippen molar-refractivity contribution in [3.63, 3.8) is 0 Å². The van der Waals surface area contributed by atoms with Crippen molar-refractivity contribution >= 4 is 23.3 Å². The topological polar surface area (TPSA) is 127 Å². The molecule has 0 aliphatic carbocycles. The zero-order valence-corrected chi connectivity index (χ0v) is 11.5. The molecule has 2 aromatic rings. The average molecular weight is 308 g/mol. The largest absolute Gasteiger partial charge is 0.394 e. The van der Waals surface area contributed by atoms with Crippen molar-refractivity contribution in [1.29, 1.82) is 5.26 Å². The van der Waals surface area contributed by atoms with Crippen LogP contribution in [0.3, 0.4) is 0 Å². The summed E-state index contributed by atoms with van der Waals surface area (Å²) in [7, 11) is 0. The lowest BCUT2D eigenvalue weighted by Gasteiger charge is -2.17. The van der Waals surface area contributed by atoms with Crippen molar-refractivity contribution in [3.05, 3.63) is 22.7 Å². The molecule has 0 unspecified atom stereocenters. The zero-order valence-electron chi connectivity index (χ0n) is 10.7. The third-order valence-electron chi connectivity index (χ3n) is 3.54. The van der Waals surface area contributed by atoms with Crippen LogP contribution < -0.4 is 0 Å². The van der Waals surface area contributed by atoms with Crippen LogP contribution in [0.25, 0.3) is 11.0 Å². The molecule has 3 rings (SSSR count). The molecular weight excluding hydrogens is 296 g/mol. The van der Waals surface area contributed by atoms with Gasteiger partial charge in [0.25, 0.3) is 0 Å². The van der Waals surface area contributed by atoms with Crippen LogP contribution in [0.5, 0.6) is 0 Å². The first-order chi connectivity index (χ1) is 10.1. The molecule has 21 heavy (non-hydrogen) atoms. The van der Waals surface area contributed by atoms with E-state index in [0.717, 1.165) is 0 Å². The van der Waals surface area contributed by atoms with Crippen LogP contribution in [-0.4, -0.2) is 54.8 Å². The zero-order chi connectivity index (χ0) is 15.1. The number of nitrogens with one attached hydrogen (secondary N) is 1. The van der Waals surface area contributed by atoms with Gasteiger partial charge in [-0.05, 0) is 0 Å². The summed E-state index contributed by atoms with van der Waals surface area (Å²) in [4.78, 5) is 6.78. The highest BCUT2D eigenvalue weighted by molar-refractivity contribution is 7.71. The SMILES string of the molecule is N#Cc1cn([C@@H]2O[C@@H](CO)[C@@H](O)[C@H]2O)c2[nH]cnc(=S)c12. The van der Waals surface area contributed by atoms with Crippen LogP contribution in [0.4, 0.5) is 0 Å². The van der Waals surface area contributed by atoms with E-state index in [0.29, 0.717) is 11.0 Å². The monoisotopic (exact) mass is 308 g/mol. The molecule has 4 atom stereocenters. The van der Waals surface area contributed by atoms with Gasteiger partial charge in [0.2, 0.25) is 0 Å². The Hall–Kier alpha value is -1.83. The molecule has 9 heteroatoms. The van der Waals surface area contributed by atoms with E-state index in [9.17, 15) is 15.5 Å². The summed E-state index contributed by atoms with van der Waals surface area (Å²) in [6.07, 6.45) is -1.43. The molecule has 110 valence electrons. The Labute approximate surface area is 123 Å². The van der Waals surface area contributed by atoms with Crippen molar-refractivity contribution < 1.29 is 20.1 Å². The van der Waals surface area contributed by atoms with Gasteiger partial charge in [0.15, 0.2) is 6.23 Å². The Morgan fingerprint density at radius 3 is 2.86 bits per heavy atom. The predicted molar refractivity (Wildman–Crippen MR) is 72.6 cm³/mol. The van der Waals surface area contributed by atoms with Gasteiger partial charge in [0.1, 0.15) is 34.7 Å². The second-order valence-electron chi connectivity index (χ2n) is 4.72. The number of hydrogen-bond donors (Lipinski definition) is 4. The van der Waals surface area contributed by atoms with Gasteiger partial charge in [-0.15, -0.1) is 0 Å². The van der Waals surface area contributed by atoms with Crippen LogP contribution in [0.1, 0.15) is 11.8 Å². The number of rotatable bonds is 2. The summed E-state index contributed by atoms with van der Waals surface area (Å²) < 4.78 is 7.19. The highest BCUT2D eigenvalue weighted by atomic mass is 32.1. The third kappa shape index (κ3) is 2.05. The van der Waals surface area contributed by atoms with Gasteiger partial charge >= 0.3 is 0 Å². The summed E-state index contributed by atoms with van der Waals surface area (Å²) in [6, 6.07) is 2.01. The maximum atomic E-state index is 10.1. The lowest BCUT2D eigenvalue weighted by atomic mass is 10.1. The van der Waals surface area contributed by atoms with E-state index in [1.165, 1.54) is 17.1 Å². The normalized spacial score (nSPS) is 28.9. The fraction of sp³-hybridized carbons (Fsp3) is 0.417. The number of nitriles is 1. The van der Waals surface area contributed by atoms with Gasteiger partial charge in [-0.1, -0.05) is 12.2 Å². The van der Waals surface area contributed by atoms with Crippen LogP contribution in [0.15, 0.2) is 12.5 Å². The van der Waals surface area contributed by atoms with Crippen molar-refractivity contribution in [2.45, 2.75) is 24.5 Å². The minimum Gasteiger partial charge on any atom is -0.394 e. The molecule has 0 amide bonds. The Morgan fingerprint density at radius 1 is 1.48 bits per heavy atom. The maximum absolute atomic E-state index is 10.1. The van der Waals surface area contributed by atoms with E-state index in [1.807, 2.05) is 6.07 Å². The van der Waals surface area contributed by atoms with Gasteiger partial charge in [0, 0.05) is 6.20 Å². The first-order valence-electron chi connectivity index (χ1n) is 6.19. The lowest BCUT2D eigenvalue weighted by Crippen LogP contribution is -2.33. The van der Waals surface area contributed by atoms with Gasteiger partial charge in [-0.25, -0.2) is 4.98 Å². The Morgan fingerprint density at radius 2 is 2.24 bits per heavy atom. The molecule has 3 heterocycles. The molecule has 0 radical (unpaired) electrons. The minimum atomic E-state index is -1.24. The number of nitrogens with zero attached hydrogens (tertiary/aromatic N) is 3. The highest BCUT2D eigenvalue weighted by Crippen LogP contribution is 2.33. The standard InChI is InChI=1S/C12H12N4O4S/c13-1-5-2-16(10-7(5)11(21)15-4-14-10)12-9(19)8(18)6(3-17)20-12/h2,4,6,8-9,12,17-19H,3H2,(H,14,15,21)/t6-,8+,9+,12+/m0/s1. The fourth-order valence-corrected chi connectivity index (χ4v) is 2.76. The second kappa shape index (κ2) is 5.18. The number of aromatic nitrogens is 3. The molecule has 1 saturated heterocycles. The lowest BCUT2D eigenvalue weighted by molar-refractivity contribution is -0.0508. The number of aliphatic hydroxyl groups is 3. The van der Waals surface area contributed by atoms with E-state index in [2.05, 4.69) is 9.97 Å². The summed E-state index contributed by atoms with van der Waals surface area (Å²) >= 11 is 5.11. The smallest absolute Gasteiger partial charge is 0.164 e. The predicted octanol–water partition coefficient (Wildman–Crippen LogP) is -0.423. The molecule has 0 spiro atoms. The van der Waals surface area contributed by atoms with Crippen LogP contribution in [-0.2, 0) is 4.74 Å². The molecule has 2 aromatic heterocycles. The quantitative estimate of drug-likeness (QED) is 0.555. The number of aromatic amines is 1. The van der Waals surface area contributed by atoms with Crippen molar-refractivity contribution in [2.75, 3.05) is 6.61 Å². The highest BCUT2D eigenvalue weighted by Gasteiger charge is 2.43. The van der Waals surface area contributed by atoms with Gasteiger partial charge < -0.3 is 29.6 Å². The maximum Gasteiger partial charge on any atom is 0.164 e. The van der Waals surface area contributed by atoms with Gasteiger partial charge in [-0.2, -0.15) is 5.26 Å².